The normalized spacial score (nSPS) is 16.3. The van der Waals surface area contributed by atoms with Gasteiger partial charge in [0.15, 0.2) is 11.8 Å². The molecule has 0 bridgehead atoms. The summed E-state index contributed by atoms with van der Waals surface area (Å²) in [6.45, 7) is 2.56. The Bertz CT molecular complexity index is 978. The van der Waals surface area contributed by atoms with Crippen LogP contribution in [0, 0.1) is 11.3 Å². The van der Waals surface area contributed by atoms with Gasteiger partial charge in [-0.15, -0.1) is 0 Å². The van der Waals surface area contributed by atoms with E-state index < -0.39 is 0 Å². The van der Waals surface area contributed by atoms with Gasteiger partial charge in [-0.3, -0.25) is 9.69 Å². The molecule has 0 spiro atoms. The number of amides is 1. The maximum absolute atomic E-state index is 13.0. The SMILES string of the molecule is CCCN1C(=O)/C(=C\c2ccccc2OCC#N)SC1=Nc1ccc(OC)cc1. The third-order valence-corrected chi connectivity index (χ3v) is 5.14. The number of hydrogen-bond acceptors (Lipinski definition) is 6. The Balaban J connectivity index is 1.92. The zero-order valence-corrected chi connectivity index (χ0v) is 17.1. The van der Waals surface area contributed by atoms with Crippen LogP contribution in [0.1, 0.15) is 18.9 Å². The molecule has 0 aliphatic carbocycles. The largest absolute Gasteiger partial charge is 0.497 e. The van der Waals surface area contributed by atoms with Crippen LogP contribution in [-0.4, -0.2) is 36.2 Å². The Morgan fingerprint density at radius 2 is 1.97 bits per heavy atom. The fourth-order valence-corrected chi connectivity index (χ4v) is 3.78. The van der Waals surface area contributed by atoms with Crippen LogP contribution < -0.4 is 9.47 Å². The van der Waals surface area contributed by atoms with Crippen LogP contribution in [0.3, 0.4) is 0 Å². The van der Waals surface area contributed by atoms with Crippen LogP contribution >= 0.6 is 11.8 Å². The van der Waals surface area contributed by atoms with Crippen molar-refractivity contribution in [2.45, 2.75) is 13.3 Å². The number of rotatable bonds is 7. The Morgan fingerprint density at radius 1 is 1.21 bits per heavy atom. The molecule has 0 N–H and O–H groups in total. The average Bonchev–Trinajstić information content (AvgIpc) is 3.03. The van der Waals surface area contributed by atoms with E-state index in [4.69, 9.17) is 14.7 Å². The van der Waals surface area contributed by atoms with E-state index >= 15 is 0 Å². The molecular weight excluding hydrogens is 386 g/mol. The van der Waals surface area contributed by atoms with Crippen LogP contribution in [0.4, 0.5) is 5.69 Å². The van der Waals surface area contributed by atoms with Gasteiger partial charge < -0.3 is 9.47 Å². The summed E-state index contributed by atoms with van der Waals surface area (Å²) < 4.78 is 10.6. The van der Waals surface area contributed by atoms with Crippen molar-refractivity contribution >= 4 is 34.6 Å². The monoisotopic (exact) mass is 407 g/mol. The summed E-state index contributed by atoms with van der Waals surface area (Å²) in [7, 11) is 1.62. The van der Waals surface area contributed by atoms with Crippen LogP contribution in [-0.2, 0) is 4.79 Å². The molecule has 0 radical (unpaired) electrons. The van der Waals surface area contributed by atoms with E-state index in [1.165, 1.54) is 11.8 Å². The number of hydrogen-bond donors (Lipinski definition) is 0. The van der Waals surface area contributed by atoms with Gasteiger partial charge in [0.1, 0.15) is 17.6 Å². The lowest BCUT2D eigenvalue weighted by atomic mass is 10.2. The lowest BCUT2D eigenvalue weighted by Crippen LogP contribution is -2.29. The number of para-hydroxylation sites is 1. The van der Waals surface area contributed by atoms with Gasteiger partial charge in [-0.05, 0) is 54.6 Å². The lowest BCUT2D eigenvalue weighted by molar-refractivity contribution is -0.122. The molecule has 0 aromatic heterocycles. The molecule has 0 unspecified atom stereocenters. The maximum Gasteiger partial charge on any atom is 0.266 e. The van der Waals surface area contributed by atoms with Crippen molar-refractivity contribution in [2.24, 2.45) is 4.99 Å². The number of aliphatic imine (C=N–C) groups is 1. The summed E-state index contributed by atoms with van der Waals surface area (Å²) in [4.78, 5) is 19.9. The van der Waals surface area contributed by atoms with Gasteiger partial charge in [0.2, 0.25) is 0 Å². The summed E-state index contributed by atoms with van der Waals surface area (Å²) in [5.74, 6) is 1.24. The molecule has 0 saturated carbocycles. The molecule has 29 heavy (non-hydrogen) atoms. The molecule has 1 fully saturated rings. The smallest absolute Gasteiger partial charge is 0.266 e. The lowest BCUT2D eigenvalue weighted by Gasteiger charge is -2.14. The van der Waals surface area contributed by atoms with Crippen LogP contribution in [0.25, 0.3) is 6.08 Å². The first-order chi connectivity index (χ1) is 14.2. The number of ether oxygens (including phenoxy) is 2. The third-order valence-electron chi connectivity index (χ3n) is 4.13. The molecule has 7 heteroatoms. The Labute approximate surface area is 174 Å². The zero-order chi connectivity index (χ0) is 20.6. The fraction of sp³-hybridized carbons (Fsp3) is 0.227. The fourth-order valence-electron chi connectivity index (χ4n) is 2.76. The first kappa shape index (κ1) is 20.5. The van der Waals surface area contributed by atoms with E-state index in [-0.39, 0.29) is 12.5 Å². The molecule has 3 rings (SSSR count). The second-order valence-electron chi connectivity index (χ2n) is 6.14. The molecule has 1 aliphatic heterocycles. The average molecular weight is 407 g/mol. The molecule has 1 aliphatic rings. The number of carbonyl (C=O) groups is 1. The summed E-state index contributed by atoms with van der Waals surface area (Å²) >= 11 is 1.33. The van der Waals surface area contributed by atoms with Crippen molar-refractivity contribution in [2.75, 3.05) is 20.3 Å². The summed E-state index contributed by atoms with van der Waals surface area (Å²) in [6, 6.07) is 16.7. The van der Waals surface area contributed by atoms with Crippen LogP contribution in [0.2, 0.25) is 0 Å². The highest BCUT2D eigenvalue weighted by Gasteiger charge is 2.33. The van der Waals surface area contributed by atoms with E-state index in [0.29, 0.717) is 22.4 Å². The number of nitrogens with zero attached hydrogens (tertiary/aromatic N) is 3. The Hall–Kier alpha value is -3.24. The summed E-state index contributed by atoms with van der Waals surface area (Å²) in [5.41, 5.74) is 1.50. The van der Waals surface area contributed by atoms with Crippen molar-refractivity contribution < 1.29 is 14.3 Å². The standard InChI is InChI=1S/C22H21N3O3S/c1-3-13-25-21(26)20(15-16-6-4-5-7-19(16)28-14-12-23)29-22(25)24-17-8-10-18(27-2)11-9-17/h4-11,15H,3,13-14H2,1-2H3/b20-15+,24-22?. The first-order valence-electron chi connectivity index (χ1n) is 9.19. The first-order valence-corrected chi connectivity index (χ1v) is 10.0. The highest BCUT2D eigenvalue weighted by Crippen LogP contribution is 2.35. The molecule has 1 amide bonds. The Kier molecular flexibility index (Phi) is 6.93. The second-order valence-corrected chi connectivity index (χ2v) is 7.15. The van der Waals surface area contributed by atoms with E-state index in [0.717, 1.165) is 23.4 Å². The van der Waals surface area contributed by atoms with E-state index in [9.17, 15) is 4.79 Å². The van der Waals surface area contributed by atoms with Crippen molar-refractivity contribution in [3.63, 3.8) is 0 Å². The van der Waals surface area contributed by atoms with Gasteiger partial charge in [0, 0.05) is 12.1 Å². The number of amidine groups is 1. The van der Waals surface area contributed by atoms with Gasteiger partial charge >= 0.3 is 0 Å². The van der Waals surface area contributed by atoms with Crippen molar-refractivity contribution in [3.8, 4) is 17.6 Å². The van der Waals surface area contributed by atoms with Crippen LogP contribution in [0.15, 0.2) is 58.4 Å². The number of carbonyl (C=O) groups excluding carboxylic acids is 1. The predicted molar refractivity (Wildman–Crippen MR) is 115 cm³/mol. The van der Waals surface area contributed by atoms with Crippen molar-refractivity contribution in [3.05, 3.63) is 59.0 Å². The minimum atomic E-state index is -0.0841. The number of thioether (sulfide) groups is 1. The molecule has 0 atom stereocenters. The molecule has 1 saturated heterocycles. The van der Waals surface area contributed by atoms with Crippen molar-refractivity contribution in [1.82, 2.24) is 4.90 Å². The third kappa shape index (κ3) is 4.98. The Morgan fingerprint density at radius 3 is 2.66 bits per heavy atom. The van der Waals surface area contributed by atoms with E-state index in [1.807, 2.05) is 55.5 Å². The molecule has 2 aromatic rings. The zero-order valence-electron chi connectivity index (χ0n) is 16.3. The molecule has 2 aromatic carbocycles. The van der Waals surface area contributed by atoms with E-state index in [2.05, 4.69) is 4.99 Å². The van der Waals surface area contributed by atoms with Gasteiger partial charge in [0.25, 0.3) is 5.91 Å². The highest BCUT2D eigenvalue weighted by molar-refractivity contribution is 8.18. The minimum absolute atomic E-state index is 0.0482. The number of methoxy groups -OCH3 is 1. The second kappa shape index (κ2) is 9.80. The predicted octanol–water partition coefficient (Wildman–Crippen LogP) is 4.61. The molecule has 148 valence electrons. The summed E-state index contributed by atoms with van der Waals surface area (Å²) in [6.07, 6.45) is 2.61. The van der Waals surface area contributed by atoms with Gasteiger partial charge in [0.05, 0.1) is 17.7 Å². The van der Waals surface area contributed by atoms with Crippen molar-refractivity contribution in [1.29, 1.82) is 5.26 Å². The molecular formula is C22H21N3O3S. The minimum Gasteiger partial charge on any atom is -0.497 e. The summed E-state index contributed by atoms with van der Waals surface area (Å²) in [5, 5.41) is 9.41. The van der Waals surface area contributed by atoms with Crippen LogP contribution in [0.5, 0.6) is 11.5 Å². The van der Waals surface area contributed by atoms with E-state index in [1.54, 1.807) is 24.2 Å². The van der Waals surface area contributed by atoms with Gasteiger partial charge in [-0.2, -0.15) is 5.26 Å². The number of nitriles is 1. The topological polar surface area (TPSA) is 74.9 Å². The van der Waals surface area contributed by atoms with Gasteiger partial charge in [-0.25, -0.2) is 4.99 Å². The molecule has 1 heterocycles. The van der Waals surface area contributed by atoms with Gasteiger partial charge in [-0.1, -0.05) is 25.1 Å². The quantitative estimate of drug-likeness (QED) is 0.627. The number of benzene rings is 2. The molecule has 6 nitrogen and oxygen atoms in total. The maximum atomic E-state index is 13.0. The highest BCUT2D eigenvalue weighted by atomic mass is 32.2.